The fourth-order valence-corrected chi connectivity index (χ4v) is 45.4. The zero-order valence-electron chi connectivity index (χ0n) is 86.6. The Hall–Kier alpha value is -6.25. The molecule has 0 aromatic heterocycles. The van der Waals surface area contributed by atoms with E-state index < -0.39 is 0 Å². The summed E-state index contributed by atoms with van der Waals surface area (Å²) in [7, 11) is 7.20. The first-order valence-electron chi connectivity index (χ1n) is 54.3. The molecule has 8 heteroatoms. The van der Waals surface area contributed by atoms with Gasteiger partial charge in [0.25, 0.3) is 0 Å². The van der Waals surface area contributed by atoms with Crippen molar-refractivity contribution in [2.45, 2.75) is 400 Å². The standard InChI is InChI=1S/C31H45P.C26H36NP.C26H35O2P.C24H31P.C20H27P/c1-22(2)25-20-24(5)31(29(21-25)23(3)4)28-18-12-13-19-30(28)32(26-14-8-6-9-15-26)27-16-10-7-11-17-27;1-27(2)25-19-11-9-17-23(25)24-18-10-12-20-26(24)28(21-13-5-3-6-14-21)22-15-7-4-8-16-22;1-27-23-17-11-18-24(28-2)26(23)22-16-9-10-19-25(22)29(20-12-5-3-6-13-20)21-14-7-4-8-15-21;1-4-12-20(13-5-1)23-18-10-11-19-24(23)25(21-14-6-2-7-15-21)22-16-8-3-9-17-22;1-19(2,3)21(20(4,5)6)18-15-11-10-14-17(18)16-12-8-7-9-13-16/h12-13,18-23,26-27H,6-11,14-17H2,1-5H3;9-12,17-22H,3-8,13-16H2,1-2H3;9-11,16-21H,3-8,12-15H2,1-2H3;1,4-5,10-13,18-19,21-22H,2-3,6-9,14-17H2;7-15H,1-6H3. The molecule has 0 amide bonds. The maximum atomic E-state index is 5.80. The number of anilines is 1. The number of nitrogens with zero attached hydrogens (tertiary/aromatic N) is 1. The van der Waals surface area contributed by atoms with Gasteiger partial charge in [-0.05, 0) is 283 Å². The Bertz CT molecular complexity index is 5060. The van der Waals surface area contributed by atoms with Crippen LogP contribution in [0.2, 0.25) is 0 Å². The van der Waals surface area contributed by atoms with E-state index in [0.717, 1.165) is 62.3 Å². The fraction of sp³-hybridized carbons (Fsp3) is 0.528. The summed E-state index contributed by atoms with van der Waals surface area (Å²) in [6.45, 7) is 26.1. The van der Waals surface area contributed by atoms with Crippen LogP contribution in [0.5, 0.6) is 11.5 Å². The SMILES string of the molecule is CC(C)(C)P(c1ccccc1-c1ccccc1)C(C)(C)C.CN(C)c1ccccc1-c1ccccc1P(C1CCCCC1)C1CCCCC1.COc1cccc(OC)c1-c1ccccc1P(C1CCCCC1)C1CCCCC1.Cc1cc(C(C)C)cc(C(C)C)c1-c1ccccc1P(C1CCCCC1)C1CCCCC1.c1ccc(-c2ccccc2P(C2CCCCC2)C2CCCCC2)cc1. The van der Waals surface area contributed by atoms with Crippen LogP contribution in [-0.4, -0.2) is 83.9 Å². The van der Waals surface area contributed by atoms with E-state index in [4.69, 9.17) is 9.47 Å². The smallest absolute Gasteiger partial charge is 0.130 e. The Morgan fingerprint density at radius 2 is 0.526 bits per heavy atom. The Labute approximate surface area is 829 Å². The monoisotopic (exact) mass is 1900 g/mol. The quantitative estimate of drug-likeness (QED) is 0.0596. The van der Waals surface area contributed by atoms with Crippen molar-refractivity contribution in [3.8, 4) is 67.1 Å². The molecule has 10 aromatic carbocycles. The van der Waals surface area contributed by atoms with Crippen LogP contribution in [0.15, 0.2) is 237 Å². The summed E-state index contributed by atoms with van der Waals surface area (Å²) < 4.78 is 11.6. The van der Waals surface area contributed by atoms with Gasteiger partial charge in [0.1, 0.15) is 11.5 Å². The number of hydrogen-bond donors (Lipinski definition) is 0. The summed E-state index contributed by atoms with van der Waals surface area (Å²) in [6, 6.07) is 88.7. The van der Waals surface area contributed by atoms with Crippen LogP contribution >= 0.6 is 39.6 Å². The van der Waals surface area contributed by atoms with E-state index in [2.05, 4.69) is 326 Å². The van der Waals surface area contributed by atoms with Gasteiger partial charge in [0.15, 0.2) is 0 Å². The number of ether oxygens (including phenoxy) is 2. The Balaban J connectivity index is 0.000000136. The van der Waals surface area contributed by atoms with Gasteiger partial charge in [-0.15, -0.1) is 0 Å². The zero-order chi connectivity index (χ0) is 94.6. The summed E-state index contributed by atoms with van der Waals surface area (Å²) in [5.74, 6) is 2.96. The molecule has 0 spiro atoms. The van der Waals surface area contributed by atoms with Crippen LogP contribution in [0.1, 0.15) is 355 Å². The highest BCUT2D eigenvalue weighted by atomic mass is 31.1. The molecular formula is C127H174NO2P5. The van der Waals surface area contributed by atoms with Crippen LogP contribution in [0.25, 0.3) is 55.6 Å². The first-order chi connectivity index (χ1) is 65.7. The molecule has 0 bridgehead atoms. The lowest BCUT2D eigenvalue weighted by molar-refractivity contribution is 0.397. The molecule has 135 heavy (non-hydrogen) atoms. The molecule has 3 nitrogen and oxygen atoms in total. The van der Waals surface area contributed by atoms with Crippen molar-refractivity contribution in [2.75, 3.05) is 33.2 Å². The van der Waals surface area contributed by atoms with Crippen LogP contribution in [0, 0.1) is 6.92 Å². The lowest BCUT2D eigenvalue weighted by Crippen LogP contribution is -2.31. The van der Waals surface area contributed by atoms with E-state index in [0.29, 0.717) is 22.1 Å². The molecule has 8 saturated carbocycles. The third-order valence-electron chi connectivity index (χ3n) is 31.4. The van der Waals surface area contributed by atoms with Gasteiger partial charge >= 0.3 is 0 Å². The Morgan fingerprint density at radius 1 is 0.267 bits per heavy atom. The average molecular weight is 1900 g/mol. The van der Waals surface area contributed by atoms with Gasteiger partial charge in [-0.3, -0.25) is 0 Å². The van der Waals surface area contributed by atoms with Gasteiger partial charge in [0, 0.05) is 25.3 Å². The van der Waals surface area contributed by atoms with E-state index in [1.165, 1.54) is 318 Å². The van der Waals surface area contributed by atoms with Gasteiger partial charge in [0.2, 0.25) is 0 Å². The Morgan fingerprint density at radius 3 is 0.830 bits per heavy atom. The first-order valence-corrected chi connectivity index (χ1v) is 61.6. The van der Waals surface area contributed by atoms with Crippen molar-refractivity contribution >= 4 is 71.8 Å². The maximum Gasteiger partial charge on any atom is 0.130 e. The topological polar surface area (TPSA) is 21.7 Å². The van der Waals surface area contributed by atoms with Gasteiger partial charge in [-0.2, -0.15) is 0 Å². The molecule has 0 heterocycles. The van der Waals surface area contributed by atoms with Crippen molar-refractivity contribution in [3.63, 3.8) is 0 Å². The predicted octanol–water partition coefficient (Wildman–Crippen LogP) is 37.2. The molecular weight excluding hydrogens is 1730 g/mol. The predicted molar refractivity (Wildman–Crippen MR) is 607 cm³/mol. The largest absolute Gasteiger partial charge is 0.496 e. The molecule has 724 valence electrons. The molecule has 8 aliphatic rings. The third kappa shape index (κ3) is 27.8. The summed E-state index contributed by atoms with van der Waals surface area (Å²) in [4.78, 5) is 2.27. The van der Waals surface area contributed by atoms with Gasteiger partial charge < -0.3 is 14.4 Å². The minimum absolute atomic E-state index is 0.0365. The second-order valence-corrected chi connectivity index (χ2v) is 58.9. The molecule has 8 fully saturated rings. The Kier molecular flexibility index (Phi) is 40.7. The third-order valence-corrected chi connectivity index (χ3v) is 49.2. The summed E-state index contributed by atoms with van der Waals surface area (Å²) in [5.41, 5.74) is 27.5. The summed E-state index contributed by atoms with van der Waals surface area (Å²) >= 11 is 0. The van der Waals surface area contributed by atoms with E-state index >= 15 is 0 Å². The van der Waals surface area contributed by atoms with Crippen molar-refractivity contribution < 1.29 is 9.47 Å². The molecule has 0 radical (unpaired) electrons. The second kappa shape index (κ2) is 52.5. The number of rotatable bonds is 23. The summed E-state index contributed by atoms with van der Waals surface area (Å²) in [6.07, 6.45) is 58.0. The van der Waals surface area contributed by atoms with Crippen molar-refractivity contribution in [1.82, 2.24) is 0 Å². The molecule has 0 unspecified atom stereocenters. The van der Waals surface area contributed by atoms with Crippen molar-refractivity contribution in [3.05, 3.63) is 253 Å². The van der Waals surface area contributed by atoms with E-state index in [1.54, 1.807) is 52.1 Å². The minimum atomic E-state index is -0.282. The zero-order valence-corrected chi connectivity index (χ0v) is 91.0. The molecule has 0 N–H and O–H groups in total. The maximum absolute atomic E-state index is 5.80. The van der Waals surface area contributed by atoms with E-state index in [9.17, 15) is 0 Å². The molecule has 8 aliphatic carbocycles. The van der Waals surface area contributed by atoms with E-state index in [-0.39, 0.29) is 39.6 Å². The van der Waals surface area contributed by atoms with E-state index in [1.807, 2.05) is 6.07 Å². The van der Waals surface area contributed by atoms with Crippen LogP contribution in [0.4, 0.5) is 5.69 Å². The normalized spacial score (nSPS) is 18.1. The lowest BCUT2D eigenvalue weighted by atomic mass is 9.85. The van der Waals surface area contributed by atoms with Gasteiger partial charge in [-0.25, -0.2) is 0 Å². The molecule has 0 atom stereocenters. The van der Waals surface area contributed by atoms with Crippen LogP contribution in [-0.2, 0) is 0 Å². The highest BCUT2D eigenvalue weighted by Crippen LogP contribution is 2.63. The second-order valence-electron chi connectivity index (χ2n) is 44.0. The molecule has 10 aromatic rings. The van der Waals surface area contributed by atoms with Gasteiger partial charge in [0.05, 0.1) is 19.8 Å². The number of aryl methyl sites for hydroxylation is 1. The lowest BCUT2D eigenvalue weighted by Gasteiger charge is -2.42. The minimum Gasteiger partial charge on any atom is -0.496 e. The molecule has 18 rings (SSSR count). The highest BCUT2D eigenvalue weighted by molar-refractivity contribution is 7.69. The van der Waals surface area contributed by atoms with Crippen molar-refractivity contribution in [1.29, 1.82) is 0 Å². The van der Waals surface area contributed by atoms with Crippen LogP contribution < -0.4 is 40.9 Å². The van der Waals surface area contributed by atoms with Crippen LogP contribution in [0.3, 0.4) is 0 Å². The first kappa shape index (κ1) is 105. The summed E-state index contributed by atoms with van der Waals surface area (Å²) in [5, 5.41) is 8.84. The highest BCUT2D eigenvalue weighted by Gasteiger charge is 2.41. The van der Waals surface area contributed by atoms with Gasteiger partial charge in [-0.1, -0.05) is 481 Å². The van der Waals surface area contributed by atoms with Crippen molar-refractivity contribution in [2.24, 2.45) is 0 Å². The number of benzene rings is 10. The fourth-order valence-electron chi connectivity index (χ4n) is 25.4. The number of para-hydroxylation sites is 1. The average Bonchev–Trinajstić information content (AvgIpc) is 0.788. The number of hydrogen-bond acceptors (Lipinski definition) is 3. The number of methoxy groups -OCH3 is 2. The molecule has 0 saturated heterocycles. The molecule has 0 aliphatic heterocycles.